The molecule has 0 aromatic carbocycles. The van der Waals surface area contributed by atoms with E-state index in [9.17, 15) is 5.11 Å². The van der Waals surface area contributed by atoms with Crippen molar-refractivity contribution in [2.24, 2.45) is 16.6 Å². The Hall–Kier alpha value is 0.210. The van der Waals surface area contributed by atoms with E-state index in [4.69, 9.17) is 5.73 Å². The van der Waals surface area contributed by atoms with E-state index in [-0.39, 0.29) is 12.4 Å². The second-order valence-electron chi connectivity index (χ2n) is 4.86. The van der Waals surface area contributed by atoms with Crippen LogP contribution in [0.2, 0.25) is 0 Å². The molecule has 2 bridgehead atoms. The Kier molecular flexibility index (Phi) is 3.26. The van der Waals surface area contributed by atoms with Gasteiger partial charge in [0.15, 0.2) is 0 Å². The fourth-order valence-corrected chi connectivity index (χ4v) is 2.88. The summed E-state index contributed by atoms with van der Waals surface area (Å²) in [5.74, 6) is 0. The van der Waals surface area contributed by atoms with Crippen molar-refractivity contribution in [1.29, 1.82) is 0 Å². The molecule has 3 rings (SSSR count). The summed E-state index contributed by atoms with van der Waals surface area (Å²) in [7, 11) is 0. The molecule has 0 unspecified atom stereocenters. The Morgan fingerprint density at radius 2 is 1.31 bits per heavy atom. The molecule has 0 aliphatic heterocycles. The molecular weight excluding hydrogens is 186 g/mol. The zero-order chi connectivity index (χ0) is 8.66. The molecule has 0 spiro atoms. The molecule has 3 fully saturated rings. The lowest BCUT2D eigenvalue weighted by Gasteiger charge is -2.52. The van der Waals surface area contributed by atoms with Gasteiger partial charge in [-0.2, -0.15) is 0 Å². The molecular formula is C10H20ClNO. The standard InChI is InChI=1S/C10H19NO.ClH/c11-7-9-1-4-10(8-12,5-2-9)6-3-9;/h12H,1-8,11H2;1H. The summed E-state index contributed by atoms with van der Waals surface area (Å²) in [4.78, 5) is 0. The quantitative estimate of drug-likeness (QED) is 0.721. The van der Waals surface area contributed by atoms with Crippen molar-refractivity contribution in [2.45, 2.75) is 38.5 Å². The molecule has 0 radical (unpaired) electrons. The average molecular weight is 206 g/mol. The van der Waals surface area contributed by atoms with E-state index in [0.717, 1.165) is 6.54 Å². The van der Waals surface area contributed by atoms with Crippen LogP contribution in [0.25, 0.3) is 0 Å². The van der Waals surface area contributed by atoms with Gasteiger partial charge in [0.1, 0.15) is 0 Å². The molecule has 0 saturated heterocycles. The van der Waals surface area contributed by atoms with Gasteiger partial charge in [0, 0.05) is 6.61 Å². The first-order valence-corrected chi connectivity index (χ1v) is 5.05. The van der Waals surface area contributed by atoms with Crippen LogP contribution in [0.1, 0.15) is 38.5 Å². The first-order chi connectivity index (χ1) is 5.74. The van der Waals surface area contributed by atoms with Crippen LogP contribution in [0.15, 0.2) is 0 Å². The molecule has 0 heterocycles. The summed E-state index contributed by atoms with van der Waals surface area (Å²) in [5, 5.41) is 9.29. The number of hydrogen-bond donors (Lipinski definition) is 2. The highest BCUT2D eigenvalue weighted by Gasteiger charge is 2.47. The third kappa shape index (κ3) is 1.72. The van der Waals surface area contributed by atoms with Crippen LogP contribution >= 0.6 is 12.4 Å². The molecule has 3 N–H and O–H groups in total. The summed E-state index contributed by atoms with van der Waals surface area (Å²) in [6.45, 7) is 1.25. The molecule has 3 aliphatic rings. The van der Waals surface area contributed by atoms with Crippen molar-refractivity contribution in [2.75, 3.05) is 13.2 Å². The lowest BCUT2D eigenvalue weighted by atomic mass is 9.54. The number of rotatable bonds is 2. The Bertz CT molecular complexity index is 139. The van der Waals surface area contributed by atoms with Crippen LogP contribution in [0.4, 0.5) is 0 Å². The number of fused-ring (bicyclic) bond motifs is 3. The monoisotopic (exact) mass is 205 g/mol. The predicted molar refractivity (Wildman–Crippen MR) is 56.0 cm³/mol. The fourth-order valence-electron chi connectivity index (χ4n) is 2.88. The maximum atomic E-state index is 9.29. The maximum Gasteiger partial charge on any atom is 0.0487 e. The Morgan fingerprint density at radius 1 is 0.923 bits per heavy atom. The first-order valence-electron chi connectivity index (χ1n) is 5.05. The highest BCUT2D eigenvalue weighted by atomic mass is 35.5. The number of nitrogens with two attached hydrogens (primary N) is 1. The van der Waals surface area contributed by atoms with E-state index in [1.165, 1.54) is 38.5 Å². The minimum atomic E-state index is 0. The van der Waals surface area contributed by atoms with E-state index >= 15 is 0 Å². The topological polar surface area (TPSA) is 46.2 Å². The van der Waals surface area contributed by atoms with Gasteiger partial charge in [-0.3, -0.25) is 0 Å². The smallest absolute Gasteiger partial charge is 0.0487 e. The van der Waals surface area contributed by atoms with Crippen molar-refractivity contribution >= 4 is 12.4 Å². The molecule has 0 aromatic heterocycles. The normalized spacial score (nSPS) is 42.9. The maximum absolute atomic E-state index is 9.29. The van der Waals surface area contributed by atoms with Gasteiger partial charge in [0.25, 0.3) is 0 Å². The van der Waals surface area contributed by atoms with Crippen molar-refractivity contribution < 1.29 is 5.11 Å². The van der Waals surface area contributed by atoms with Crippen molar-refractivity contribution in [1.82, 2.24) is 0 Å². The minimum absolute atomic E-state index is 0. The summed E-state index contributed by atoms with van der Waals surface area (Å²) < 4.78 is 0. The molecule has 0 amide bonds. The van der Waals surface area contributed by atoms with Crippen LogP contribution in [0, 0.1) is 10.8 Å². The Morgan fingerprint density at radius 3 is 1.62 bits per heavy atom. The Balaban J connectivity index is 0.000000845. The van der Waals surface area contributed by atoms with Gasteiger partial charge in [-0.15, -0.1) is 12.4 Å². The molecule has 3 aliphatic carbocycles. The lowest BCUT2D eigenvalue weighted by Crippen LogP contribution is -2.46. The molecule has 2 nitrogen and oxygen atoms in total. The summed E-state index contributed by atoms with van der Waals surface area (Å²) >= 11 is 0. The zero-order valence-electron chi connectivity index (χ0n) is 8.09. The van der Waals surface area contributed by atoms with Crippen molar-refractivity contribution in [3.63, 3.8) is 0 Å². The van der Waals surface area contributed by atoms with E-state index in [2.05, 4.69) is 0 Å². The van der Waals surface area contributed by atoms with Gasteiger partial charge in [0.2, 0.25) is 0 Å². The molecule has 0 atom stereocenters. The van der Waals surface area contributed by atoms with Crippen LogP contribution in [0.5, 0.6) is 0 Å². The third-order valence-electron chi connectivity index (χ3n) is 4.33. The van der Waals surface area contributed by atoms with E-state index < -0.39 is 0 Å². The van der Waals surface area contributed by atoms with Crippen LogP contribution in [-0.2, 0) is 0 Å². The minimum Gasteiger partial charge on any atom is -0.396 e. The summed E-state index contributed by atoms with van der Waals surface area (Å²) in [5.41, 5.74) is 6.57. The number of aliphatic hydroxyl groups excluding tert-OH is 1. The molecule has 0 aromatic rings. The molecule has 3 heteroatoms. The fraction of sp³-hybridized carbons (Fsp3) is 1.00. The van der Waals surface area contributed by atoms with Crippen molar-refractivity contribution in [3.8, 4) is 0 Å². The first kappa shape index (κ1) is 11.3. The number of halogens is 1. The van der Waals surface area contributed by atoms with Gasteiger partial charge in [-0.25, -0.2) is 0 Å². The summed E-state index contributed by atoms with van der Waals surface area (Å²) in [6.07, 6.45) is 7.39. The van der Waals surface area contributed by atoms with Crippen LogP contribution in [0.3, 0.4) is 0 Å². The molecule has 78 valence electrons. The van der Waals surface area contributed by atoms with E-state index in [0.29, 0.717) is 17.4 Å². The molecule has 3 saturated carbocycles. The SMILES string of the molecule is Cl.NCC12CCC(CO)(CC1)CC2. The second kappa shape index (κ2) is 3.76. The zero-order valence-corrected chi connectivity index (χ0v) is 8.91. The largest absolute Gasteiger partial charge is 0.396 e. The van der Waals surface area contributed by atoms with Gasteiger partial charge < -0.3 is 10.8 Å². The van der Waals surface area contributed by atoms with Gasteiger partial charge in [-0.05, 0) is 55.9 Å². The molecule has 13 heavy (non-hydrogen) atoms. The highest BCUT2D eigenvalue weighted by molar-refractivity contribution is 5.85. The van der Waals surface area contributed by atoms with Gasteiger partial charge in [0.05, 0.1) is 0 Å². The Labute approximate surface area is 86.3 Å². The van der Waals surface area contributed by atoms with Gasteiger partial charge >= 0.3 is 0 Å². The predicted octanol–water partition coefficient (Wildman–Crippen LogP) is 1.70. The lowest BCUT2D eigenvalue weighted by molar-refractivity contribution is -0.0375. The number of hydrogen-bond acceptors (Lipinski definition) is 2. The van der Waals surface area contributed by atoms with E-state index in [1.807, 2.05) is 0 Å². The number of aliphatic hydroxyl groups is 1. The summed E-state index contributed by atoms with van der Waals surface area (Å²) in [6, 6.07) is 0. The van der Waals surface area contributed by atoms with Crippen LogP contribution in [-0.4, -0.2) is 18.3 Å². The van der Waals surface area contributed by atoms with Gasteiger partial charge in [-0.1, -0.05) is 0 Å². The highest BCUT2D eigenvalue weighted by Crippen LogP contribution is 2.55. The third-order valence-corrected chi connectivity index (χ3v) is 4.33. The van der Waals surface area contributed by atoms with Crippen molar-refractivity contribution in [3.05, 3.63) is 0 Å². The van der Waals surface area contributed by atoms with Crippen LogP contribution < -0.4 is 5.73 Å². The second-order valence-corrected chi connectivity index (χ2v) is 4.86. The van der Waals surface area contributed by atoms with E-state index in [1.54, 1.807) is 0 Å². The average Bonchev–Trinajstić information content (AvgIpc) is 2.21.